The molecule has 0 heterocycles. The number of hydrogen-bond donors (Lipinski definition) is 10. The van der Waals surface area contributed by atoms with Crippen molar-refractivity contribution >= 4 is 0 Å². The van der Waals surface area contributed by atoms with E-state index in [4.69, 9.17) is 51.1 Å². The van der Waals surface area contributed by atoms with Crippen LogP contribution in [0.2, 0.25) is 0 Å². The van der Waals surface area contributed by atoms with Gasteiger partial charge in [-0.15, -0.1) is 0 Å². The maximum atomic E-state index is 8.06. The third-order valence-corrected chi connectivity index (χ3v) is 0. The first-order valence-electron chi connectivity index (χ1n) is 12.2. The van der Waals surface area contributed by atoms with E-state index in [1.54, 1.807) is 104 Å². The van der Waals surface area contributed by atoms with Gasteiger partial charge >= 0.3 is 0 Å². The van der Waals surface area contributed by atoms with E-state index in [1.807, 2.05) is 0 Å². The van der Waals surface area contributed by atoms with Gasteiger partial charge in [0, 0.05) is 108 Å². The number of aliphatic hydroxyl groups excluding tert-OH is 10. The van der Waals surface area contributed by atoms with Crippen LogP contribution in [0, 0.1) is 0 Å². The zero-order valence-corrected chi connectivity index (χ0v) is 33.2. The molecule has 0 aromatic carbocycles. The summed E-state index contributed by atoms with van der Waals surface area (Å²) < 4.78 is 0. The topological polar surface area (TPSA) is 202 Å². The zero-order chi connectivity index (χ0) is 31.4. The molecule has 0 saturated carbocycles. The van der Waals surface area contributed by atoms with Crippen molar-refractivity contribution in [3.8, 4) is 0 Å². The van der Waals surface area contributed by atoms with Crippen LogP contribution in [0.25, 0.3) is 0 Å². The summed E-state index contributed by atoms with van der Waals surface area (Å²) in [6.07, 6.45) is -0.833. The van der Waals surface area contributed by atoms with Crippen molar-refractivity contribution in [2.75, 3.05) is 33.0 Å². The fourth-order valence-electron chi connectivity index (χ4n) is 0. The predicted molar refractivity (Wildman–Crippen MR) is 151 cm³/mol. The predicted octanol–water partition coefficient (Wildman–Crippen LogP) is 1.92. The van der Waals surface area contributed by atoms with Crippen molar-refractivity contribution in [3.63, 3.8) is 0 Å². The van der Waals surface area contributed by atoms with Gasteiger partial charge in [-0.2, -0.15) is 0 Å². The first-order valence-corrected chi connectivity index (χ1v) is 12.2. The standard InChI is InChI=1S/5C3H8O.5C2H6O.2Ta/c5*1-3(2)4;5*1-2-3;;/h5*3-4H,1-2H3;5*3H,2H2,1H3;;. The monoisotopic (exact) mass is 892 g/mol. The number of aliphatic hydroxyl groups is 10. The molecule has 0 rings (SSSR count). The Morgan fingerprint density at radius 1 is 0.297 bits per heavy atom. The van der Waals surface area contributed by atoms with Crippen LogP contribution in [0.5, 0.6) is 0 Å². The average molecular weight is 893 g/mol. The van der Waals surface area contributed by atoms with Gasteiger partial charge in [0.15, 0.2) is 0 Å². The molecule has 0 spiro atoms. The molecule has 12 heteroatoms. The van der Waals surface area contributed by atoms with Gasteiger partial charge in [-0.3, -0.25) is 0 Å². The summed E-state index contributed by atoms with van der Waals surface area (Å²) in [4.78, 5) is 0. The van der Waals surface area contributed by atoms with E-state index >= 15 is 0 Å². The van der Waals surface area contributed by atoms with Crippen LogP contribution in [-0.4, -0.2) is 115 Å². The zero-order valence-electron chi connectivity index (χ0n) is 26.8. The Morgan fingerprint density at radius 3 is 0.297 bits per heavy atom. The summed E-state index contributed by atoms with van der Waals surface area (Å²) in [6.45, 7) is 26.9. The van der Waals surface area contributed by atoms with E-state index in [-0.39, 0.29) is 108 Å². The van der Waals surface area contributed by atoms with Gasteiger partial charge in [-0.25, -0.2) is 0 Å². The van der Waals surface area contributed by atoms with Gasteiger partial charge < -0.3 is 51.1 Å². The molecule has 0 aromatic heterocycles. The maximum Gasteiger partial charge on any atom is 0.0483 e. The average Bonchev–Trinajstić information content (AvgIpc) is 2.55. The van der Waals surface area contributed by atoms with Crippen LogP contribution >= 0.6 is 0 Å². The molecule has 0 unspecified atom stereocenters. The Labute approximate surface area is 262 Å². The van der Waals surface area contributed by atoms with Crippen molar-refractivity contribution in [1.82, 2.24) is 0 Å². The number of hydrogen-bond acceptors (Lipinski definition) is 10. The van der Waals surface area contributed by atoms with Crippen molar-refractivity contribution in [1.29, 1.82) is 0 Å². The Balaban J connectivity index is -0.0000000187. The smallest absolute Gasteiger partial charge is 0.0483 e. The van der Waals surface area contributed by atoms with Gasteiger partial charge in [-0.1, -0.05) is 0 Å². The molecule has 0 saturated heterocycles. The van der Waals surface area contributed by atoms with Crippen LogP contribution in [0.4, 0.5) is 0 Å². The van der Waals surface area contributed by atoms with Gasteiger partial charge in [-0.05, 0) is 104 Å². The van der Waals surface area contributed by atoms with E-state index < -0.39 is 0 Å². The minimum absolute atomic E-state index is 0. The summed E-state index contributed by atoms with van der Waals surface area (Å²) in [7, 11) is 0. The number of rotatable bonds is 0. The molecule has 0 bridgehead atoms. The summed E-state index contributed by atoms with van der Waals surface area (Å²) in [5.74, 6) is 0. The second-order valence-electron chi connectivity index (χ2n) is 7.05. The Kier molecular flexibility index (Phi) is 226. The summed E-state index contributed by atoms with van der Waals surface area (Å²) in [6, 6.07) is 0. The van der Waals surface area contributed by atoms with Gasteiger partial charge in [0.1, 0.15) is 0 Å². The Bertz CT molecular complexity index is 144. The summed E-state index contributed by atoms with van der Waals surface area (Å²) in [5, 5.41) is 78.1. The molecular formula is C25H70O10Ta2. The fraction of sp³-hybridized carbons (Fsp3) is 1.00. The first-order chi connectivity index (χ1) is 15.7. The molecule has 10 nitrogen and oxygen atoms in total. The molecule has 0 aromatic rings. The molecule has 37 heavy (non-hydrogen) atoms. The van der Waals surface area contributed by atoms with Gasteiger partial charge in [0.2, 0.25) is 0 Å². The molecule has 0 aliphatic carbocycles. The molecule has 10 N–H and O–H groups in total. The Morgan fingerprint density at radius 2 is 0.297 bits per heavy atom. The van der Waals surface area contributed by atoms with E-state index in [0.717, 1.165) is 0 Å². The molecule has 0 atom stereocenters. The maximum absolute atomic E-state index is 8.06. The molecule has 0 amide bonds. The van der Waals surface area contributed by atoms with E-state index in [2.05, 4.69) is 0 Å². The Hall–Kier alpha value is 1.08. The molecule has 0 aliphatic rings. The molecule has 0 aliphatic heterocycles. The summed E-state index contributed by atoms with van der Waals surface area (Å²) >= 11 is 0. The summed E-state index contributed by atoms with van der Waals surface area (Å²) in [5.41, 5.74) is 0. The van der Waals surface area contributed by atoms with Gasteiger partial charge in [0.05, 0.1) is 0 Å². The van der Waals surface area contributed by atoms with Gasteiger partial charge in [0.25, 0.3) is 0 Å². The largest absolute Gasteiger partial charge is 0.397 e. The quantitative estimate of drug-likeness (QED) is 0.171. The van der Waals surface area contributed by atoms with Crippen LogP contribution in [0.3, 0.4) is 0 Å². The fourth-order valence-corrected chi connectivity index (χ4v) is 0. The van der Waals surface area contributed by atoms with Crippen molar-refractivity contribution < 1.29 is 95.8 Å². The normalized spacial score (nSPS) is 7.30. The van der Waals surface area contributed by atoms with E-state index in [0.29, 0.717) is 0 Å². The van der Waals surface area contributed by atoms with Crippen LogP contribution in [0.15, 0.2) is 0 Å². The van der Waals surface area contributed by atoms with Crippen molar-refractivity contribution in [3.05, 3.63) is 0 Å². The molecule has 2 radical (unpaired) electrons. The minimum atomic E-state index is -0.167. The third-order valence-electron chi connectivity index (χ3n) is 0. The van der Waals surface area contributed by atoms with Crippen LogP contribution in [0.1, 0.15) is 104 Å². The van der Waals surface area contributed by atoms with Crippen molar-refractivity contribution in [2.45, 2.75) is 134 Å². The second kappa shape index (κ2) is 109. The second-order valence-corrected chi connectivity index (χ2v) is 7.05. The third kappa shape index (κ3) is 39100. The molecular weight excluding hydrogens is 822 g/mol. The molecule has 0 fully saturated rings. The van der Waals surface area contributed by atoms with Crippen molar-refractivity contribution in [2.24, 2.45) is 0 Å². The SMILES string of the molecule is CC(C)O.CC(C)O.CC(C)O.CC(C)O.CC(C)O.CCO.CCO.CCO.CCO.CCO.[Ta].[Ta]. The van der Waals surface area contributed by atoms with E-state index in [1.165, 1.54) is 0 Å². The van der Waals surface area contributed by atoms with Crippen LogP contribution in [-0.2, 0) is 44.8 Å². The van der Waals surface area contributed by atoms with E-state index in [9.17, 15) is 0 Å². The first kappa shape index (κ1) is 77.0. The van der Waals surface area contributed by atoms with Crippen LogP contribution < -0.4 is 0 Å². The molecule has 240 valence electrons. The minimum Gasteiger partial charge on any atom is -0.397 e.